The average Bonchev–Trinajstić information content (AvgIpc) is 3.55. The maximum Gasteiger partial charge on any atom is 0.262 e. The van der Waals surface area contributed by atoms with Gasteiger partial charge in [-0.3, -0.25) is 14.2 Å². The van der Waals surface area contributed by atoms with E-state index in [0.717, 1.165) is 73.1 Å². The Morgan fingerprint density at radius 1 is 0.462 bits per heavy atom. The van der Waals surface area contributed by atoms with Gasteiger partial charge in [-0.15, -0.1) is 0 Å². The summed E-state index contributed by atoms with van der Waals surface area (Å²) in [5.41, 5.74) is -0.258. The minimum absolute atomic E-state index is 0.129. The van der Waals surface area contributed by atoms with Crippen LogP contribution in [-0.4, -0.2) is 4.57 Å². The lowest BCUT2D eigenvalue weighted by Crippen LogP contribution is -2.25. The van der Waals surface area contributed by atoms with E-state index < -0.39 is 0 Å². The van der Waals surface area contributed by atoms with Crippen molar-refractivity contribution in [2.75, 3.05) is 0 Å². The largest absolute Gasteiger partial charge is 0.274 e. The summed E-state index contributed by atoms with van der Waals surface area (Å²) in [7, 11) is 0. The van der Waals surface area contributed by atoms with Crippen molar-refractivity contribution >= 4 is 75.4 Å². The van der Waals surface area contributed by atoms with Crippen LogP contribution in [0.1, 0.15) is 45.4 Å². The zero-order valence-corrected chi connectivity index (χ0v) is 22.1. The van der Waals surface area contributed by atoms with Gasteiger partial charge in [0.1, 0.15) is 0 Å². The highest BCUT2D eigenvalue weighted by Crippen LogP contribution is 2.50. The molecule has 0 saturated carbocycles. The fraction of sp³-hybridized carbons (Fsp3) is 0.222. The van der Waals surface area contributed by atoms with Gasteiger partial charge >= 0.3 is 0 Å². The highest BCUT2D eigenvalue weighted by atomic mass is 16.2. The average molecular weight is 508 g/mol. The summed E-state index contributed by atoms with van der Waals surface area (Å²) >= 11 is 0. The highest BCUT2D eigenvalue weighted by Gasteiger charge is 2.27. The van der Waals surface area contributed by atoms with Gasteiger partial charge in [0.2, 0.25) is 0 Å². The Bertz CT molecular complexity index is 2140. The first-order valence-corrected chi connectivity index (χ1v) is 14.4. The van der Waals surface area contributed by atoms with Gasteiger partial charge in [-0.25, -0.2) is 0 Å². The lowest BCUT2D eigenvalue weighted by atomic mass is 9.99. The predicted molar refractivity (Wildman–Crippen MR) is 166 cm³/mol. The quantitative estimate of drug-likeness (QED) is 0.202. The molecular weight excluding hydrogens is 478 g/mol. The van der Waals surface area contributed by atoms with Crippen LogP contribution in [0.4, 0.5) is 0 Å². The fourth-order valence-electron chi connectivity index (χ4n) is 7.39. The normalized spacial score (nSPS) is 12.6. The molecule has 0 N–H and O–H groups in total. The lowest BCUT2D eigenvalue weighted by molar-refractivity contribution is 0.548. The van der Waals surface area contributed by atoms with E-state index in [1.54, 1.807) is 0 Å². The Hall–Kier alpha value is -4.24. The molecule has 0 atom stereocenters. The fourth-order valence-corrected chi connectivity index (χ4v) is 7.39. The molecule has 0 aliphatic carbocycles. The van der Waals surface area contributed by atoms with E-state index in [0.29, 0.717) is 17.3 Å². The third-order valence-corrected chi connectivity index (χ3v) is 9.04. The number of unbranched alkanes of at least 4 members (excludes halogenated alkanes) is 5. The van der Waals surface area contributed by atoms with Gasteiger partial charge in [0.25, 0.3) is 11.1 Å². The van der Waals surface area contributed by atoms with E-state index in [4.69, 9.17) is 0 Å². The summed E-state index contributed by atoms with van der Waals surface area (Å²) in [5, 5.41) is 14.5. The van der Waals surface area contributed by atoms with Crippen molar-refractivity contribution < 1.29 is 0 Å². The van der Waals surface area contributed by atoms with Gasteiger partial charge < -0.3 is 0 Å². The highest BCUT2D eigenvalue weighted by molar-refractivity contribution is 6.49. The van der Waals surface area contributed by atoms with Crippen molar-refractivity contribution in [3.05, 3.63) is 93.5 Å². The maximum absolute atomic E-state index is 14.2. The second-order valence-corrected chi connectivity index (χ2v) is 11.2. The summed E-state index contributed by atoms with van der Waals surface area (Å²) in [5.74, 6) is 0. The Kier molecular flexibility index (Phi) is 4.88. The lowest BCUT2D eigenvalue weighted by Gasteiger charge is -2.01. The summed E-state index contributed by atoms with van der Waals surface area (Å²) in [6, 6.07) is 25.5. The minimum atomic E-state index is -0.129. The number of fused-ring (bicyclic) bond motifs is 10. The molecule has 0 saturated heterocycles. The summed E-state index contributed by atoms with van der Waals surface area (Å²) in [6.45, 7) is 2.70. The van der Waals surface area contributed by atoms with Crippen LogP contribution in [0, 0.1) is 0 Å². The molecule has 0 radical (unpaired) electrons. The molecule has 0 aliphatic heterocycles. The van der Waals surface area contributed by atoms with Crippen LogP contribution >= 0.6 is 0 Å². The molecule has 3 heteroatoms. The van der Waals surface area contributed by atoms with E-state index in [1.165, 1.54) is 34.6 Å². The van der Waals surface area contributed by atoms with Crippen LogP contribution in [0.5, 0.6) is 0 Å². The maximum atomic E-state index is 14.2. The molecule has 1 heterocycles. The summed E-state index contributed by atoms with van der Waals surface area (Å²) < 4.78 is 1.54. The van der Waals surface area contributed by atoms with Crippen molar-refractivity contribution in [2.45, 2.75) is 52.0 Å². The van der Waals surface area contributed by atoms with E-state index in [-0.39, 0.29) is 11.1 Å². The second kappa shape index (κ2) is 8.38. The van der Waals surface area contributed by atoms with Gasteiger partial charge in [0.15, 0.2) is 0 Å². The van der Waals surface area contributed by atoms with E-state index in [2.05, 4.69) is 79.7 Å². The summed E-state index contributed by atoms with van der Waals surface area (Å²) in [4.78, 5) is 28.4. The van der Waals surface area contributed by atoms with Crippen LogP contribution in [0.2, 0.25) is 0 Å². The standard InChI is InChI=1S/C36H29NO2/c1-2-3-4-5-6-7-20-37-35(38)33-31-25-18-10-14-21-12-8-16-23(27(21)25)29(31)30-24-17-9-13-22-15-11-19-26(28(22)24)32(30)34(33)36(37)39/h8-19H,2-7,20H2,1H3. The monoisotopic (exact) mass is 507 g/mol. The third-order valence-electron chi connectivity index (χ3n) is 9.04. The van der Waals surface area contributed by atoms with Crippen molar-refractivity contribution in [1.82, 2.24) is 4.57 Å². The van der Waals surface area contributed by atoms with Crippen LogP contribution < -0.4 is 11.1 Å². The number of aromatic nitrogens is 1. The van der Waals surface area contributed by atoms with Gasteiger partial charge in [0.05, 0.1) is 10.8 Å². The van der Waals surface area contributed by atoms with Crippen LogP contribution in [0.15, 0.2) is 82.4 Å². The molecule has 7 aromatic carbocycles. The Labute approximate surface area is 225 Å². The number of benzene rings is 5. The van der Waals surface area contributed by atoms with E-state index >= 15 is 0 Å². The van der Waals surface area contributed by atoms with Gasteiger partial charge in [0, 0.05) is 17.3 Å². The zero-order valence-electron chi connectivity index (χ0n) is 22.1. The van der Waals surface area contributed by atoms with E-state index in [9.17, 15) is 9.59 Å². The predicted octanol–water partition coefficient (Wildman–Crippen LogP) is 8.95. The molecule has 8 aromatic rings. The molecule has 0 unspecified atom stereocenters. The molecule has 0 bridgehead atoms. The summed E-state index contributed by atoms with van der Waals surface area (Å²) in [6.07, 6.45) is 6.70. The number of hydrogen-bond donors (Lipinski definition) is 0. The van der Waals surface area contributed by atoms with Crippen molar-refractivity contribution in [2.24, 2.45) is 0 Å². The van der Waals surface area contributed by atoms with Gasteiger partial charge in [-0.2, -0.15) is 0 Å². The molecule has 39 heavy (non-hydrogen) atoms. The Balaban J connectivity index is 1.56. The molecular formula is C36H29NO2. The molecule has 0 amide bonds. The van der Waals surface area contributed by atoms with Gasteiger partial charge in [-0.1, -0.05) is 112 Å². The molecule has 8 rings (SSSR count). The van der Waals surface area contributed by atoms with E-state index in [1.807, 2.05) is 0 Å². The first-order chi connectivity index (χ1) is 19.2. The topological polar surface area (TPSA) is 39.1 Å². The molecule has 190 valence electrons. The van der Waals surface area contributed by atoms with Crippen molar-refractivity contribution in [3.8, 4) is 0 Å². The number of rotatable bonds is 7. The molecule has 0 fully saturated rings. The molecule has 0 spiro atoms. The Morgan fingerprint density at radius 2 is 0.846 bits per heavy atom. The second-order valence-electron chi connectivity index (χ2n) is 11.2. The first-order valence-electron chi connectivity index (χ1n) is 14.4. The minimum Gasteiger partial charge on any atom is -0.274 e. The van der Waals surface area contributed by atoms with Crippen LogP contribution in [0.25, 0.3) is 75.4 Å². The zero-order chi connectivity index (χ0) is 26.2. The number of nitrogens with zero attached hydrogens (tertiary/aromatic N) is 1. The molecule has 3 nitrogen and oxygen atoms in total. The van der Waals surface area contributed by atoms with Crippen LogP contribution in [-0.2, 0) is 6.54 Å². The number of hydrogen-bond acceptors (Lipinski definition) is 2. The van der Waals surface area contributed by atoms with Gasteiger partial charge in [-0.05, 0) is 60.3 Å². The Morgan fingerprint density at radius 3 is 1.28 bits per heavy atom. The van der Waals surface area contributed by atoms with Crippen molar-refractivity contribution in [3.63, 3.8) is 0 Å². The van der Waals surface area contributed by atoms with Crippen molar-refractivity contribution in [1.29, 1.82) is 0 Å². The SMILES string of the molecule is CCCCCCCCn1c(=O)c2c(c1=O)c1c3cccc4cccc(c43)c1c1c3cccc4cccc(c43)c21. The first kappa shape index (κ1) is 22.7. The van der Waals surface area contributed by atoms with Crippen LogP contribution in [0.3, 0.4) is 0 Å². The molecule has 1 aromatic heterocycles. The molecule has 0 aliphatic rings. The third kappa shape index (κ3) is 2.93. The smallest absolute Gasteiger partial charge is 0.262 e.